The van der Waals surface area contributed by atoms with Gasteiger partial charge in [0.15, 0.2) is 17.2 Å². The van der Waals surface area contributed by atoms with Crippen molar-refractivity contribution < 1.29 is 32.5 Å². The van der Waals surface area contributed by atoms with E-state index in [0.717, 1.165) is 0 Å². The van der Waals surface area contributed by atoms with Crippen molar-refractivity contribution in [3.05, 3.63) is 59.3 Å². The Kier molecular flexibility index (Phi) is 5.35. The number of hydrogen-bond donors (Lipinski definition) is 0. The van der Waals surface area contributed by atoms with Gasteiger partial charge in [-0.1, -0.05) is 12.1 Å². The summed E-state index contributed by atoms with van der Waals surface area (Å²) in [5.74, 6) is 0.0625. The topological polar surface area (TPSA) is 66.3 Å². The van der Waals surface area contributed by atoms with E-state index in [2.05, 4.69) is 9.73 Å². The summed E-state index contributed by atoms with van der Waals surface area (Å²) in [5.41, 5.74) is 1.03. The number of benzene rings is 2. The quantitative estimate of drug-likeness (QED) is 0.570. The van der Waals surface area contributed by atoms with Gasteiger partial charge >= 0.3 is 12.6 Å². The van der Waals surface area contributed by atoms with Gasteiger partial charge in [0.05, 0.1) is 14.2 Å². The van der Waals surface area contributed by atoms with Gasteiger partial charge in [0.1, 0.15) is 5.75 Å². The number of esters is 1. The lowest BCUT2D eigenvalue weighted by Gasteiger charge is -2.10. The van der Waals surface area contributed by atoms with Crippen LogP contribution >= 0.6 is 0 Å². The van der Waals surface area contributed by atoms with Crippen LogP contribution < -0.4 is 14.2 Å². The van der Waals surface area contributed by atoms with Crippen LogP contribution in [0.5, 0.6) is 17.2 Å². The number of carbonyl (C=O) groups is 1. The highest BCUT2D eigenvalue weighted by Crippen LogP contribution is 2.31. The fraction of sp³-hybridized carbons (Fsp3) is 0.158. The first kappa shape index (κ1) is 18.4. The molecule has 1 aliphatic rings. The molecule has 0 fully saturated rings. The zero-order chi connectivity index (χ0) is 19.4. The fourth-order valence-corrected chi connectivity index (χ4v) is 2.42. The minimum Gasteiger partial charge on any atom is -0.497 e. The second-order valence-electron chi connectivity index (χ2n) is 5.36. The molecular weight excluding hydrogens is 360 g/mol. The molecule has 0 spiro atoms. The van der Waals surface area contributed by atoms with E-state index >= 15 is 0 Å². The Morgan fingerprint density at radius 1 is 1.07 bits per heavy atom. The van der Waals surface area contributed by atoms with Gasteiger partial charge in [-0.3, -0.25) is 0 Å². The van der Waals surface area contributed by atoms with Crippen LogP contribution in [0.3, 0.4) is 0 Å². The van der Waals surface area contributed by atoms with Crippen LogP contribution in [0.2, 0.25) is 0 Å². The van der Waals surface area contributed by atoms with Gasteiger partial charge in [0, 0.05) is 5.56 Å². The highest BCUT2D eigenvalue weighted by Gasteiger charge is 2.24. The minimum absolute atomic E-state index is 0.0287. The number of methoxy groups -OCH3 is 2. The predicted molar refractivity (Wildman–Crippen MR) is 93.2 cm³/mol. The number of halogens is 2. The third-order valence-electron chi connectivity index (χ3n) is 3.64. The molecule has 27 heavy (non-hydrogen) atoms. The molecular formula is C19H15F2NO5. The Morgan fingerprint density at radius 3 is 2.59 bits per heavy atom. The molecule has 8 heteroatoms. The molecule has 0 saturated heterocycles. The Balaban J connectivity index is 1.92. The van der Waals surface area contributed by atoms with E-state index in [1.54, 1.807) is 30.3 Å². The van der Waals surface area contributed by atoms with E-state index in [9.17, 15) is 13.6 Å². The molecule has 0 atom stereocenters. The van der Waals surface area contributed by atoms with Gasteiger partial charge in [-0.15, -0.1) is 0 Å². The van der Waals surface area contributed by atoms with Crippen molar-refractivity contribution in [2.45, 2.75) is 6.61 Å². The lowest BCUT2D eigenvalue weighted by molar-refractivity contribution is -0.129. The summed E-state index contributed by atoms with van der Waals surface area (Å²) < 4.78 is 44.8. The molecule has 0 unspecified atom stereocenters. The van der Waals surface area contributed by atoms with Crippen LogP contribution in [-0.2, 0) is 9.53 Å². The van der Waals surface area contributed by atoms with E-state index < -0.39 is 12.6 Å². The highest BCUT2D eigenvalue weighted by atomic mass is 19.3. The van der Waals surface area contributed by atoms with E-state index in [4.69, 9.17) is 14.2 Å². The molecule has 3 rings (SSSR count). The summed E-state index contributed by atoms with van der Waals surface area (Å²) in [6.07, 6.45) is 1.41. The number of nitrogens with zero attached hydrogens (tertiary/aromatic N) is 1. The lowest BCUT2D eigenvalue weighted by Crippen LogP contribution is -2.05. The molecule has 0 amide bonds. The van der Waals surface area contributed by atoms with Crippen LogP contribution in [0, 0.1) is 0 Å². The average molecular weight is 375 g/mol. The van der Waals surface area contributed by atoms with E-state index in [1.165, 1.54) is 32.4 Å². The van der Waals surface area contributed by atoms with Gasteiger partial charge in [0.2, 0.25) is 5.90 Å². The molecule has 1 aliphatic heterocycles. The van der Waals surface area contributed by atoms with Crippen LogP contribution in [0.25, 0.3) is 6.08 Å². The van der Waals surface area contributed by atoms with Gasteiger partial charge < -0.3 is 18.9 Å². The van der Waals surface area contributed by atoms with Gasteiger partial charge in [0.25, 0.3) is 0 Å². The van der Waals surface area contributed by atoms with Crippen molar-refractivity contribution in [2.75, 3.05) is 14.2 Å². The SMILES string of the molecule is COc1cccc(C2=NC(=Cc3ccc(OC)c(OC(F)F)c3)C(=O)O2)c1. The lowest BCUT2D eigenvalue weighted by atomic mass is 10.1. The molecule has 1 heterocycles. The second kappa shape index (κ2) is 7.86. The van der Waals surface area contributed by atoms with Gasteiger partial charge in [-0.05, 0) is 42.0 Å². The van der Waals surface area contributed by atoms with E-state index in [0.29, 0.717) is 16.9 Å². The van der Waals surface area contributed by atoms with Crippen molar-refractivity contribution in [1.82, 2.24) is 0 Å². The van der Waals surface area contributed by atoms with Crippen molar-refractivity contribution in [3.8, 4) is 17.2 Å². The summed E-state index contributed by atoms with van der Waals surface area (Å²) >= 11 is 0. The number of cyclic esters (lactones) is 1. The van der Waals surface area contributed by atoms with Crippen molar-refractivity contribution in [3.63, 3.8) is 0 Å². The average Bonchev–Trinajstić information content (AvgIpc) is 3.02. The normalized spacial score (nSPS) is 14.9. The molecule has 0 aromatic heterocycles. The maximum absolute atomic E-state index is 12.5. The summed E-state index contributed by atoms with van der Waals surface area (Å²) in [6.45, 7) is -3.00. The monoisotopic (exact) mass is 375 g/mol. The molecule has 0 bridgehead atoms. The van der Waals surface area contributed by atoms with E-state index in [1.807, 2.05) is 0 Å². The molecule has 0 aliphatic carbocycles. The number of carbonyl (C=O) groups excluding carboxylic acids is 1. The first-order valence-corrected chi connectivity index (χ1v) is 7.80. The molecule has 0 saturated carbocycles. The van der Waals surface area contributed by atoms with Crippen LogP contribution in [-0.4, -0.2) is 32.7 Å². The summed E-state index contributed by atoms with van der Waals surface area (Å²) in [7, 11) is 2.86. The highest BCUT2D eigenvalue weighted by molar-refractivity contribution is 6.13. The largest absolute Gasteiger partial charge is 0.497 e. The third-order valence-corrected chi connectivity index (χ3v) is 3.64. The van der Waals surface area contributed by atoms with Gasteiger partial charge in [-0.2, -0.15) is 8.78 Å². The zero-order valence-electron chi connectivity index (χ0n) is 14.4. The fourth-order valence-electron chi connectivity index (χ4n) is 2.42. The third kappa shape index (κ3) is 4.22. The molecule has 2 aromatic rings. The first-order valence-electron chi connectivity index (χ1n) is 7.80. The maximum atomic E-state index is 12.5. The van der Waals surface area contributed by atoms with Crippen LogP contribution in [0.15, 0.2) is 53.2 Å². The molecule has 140 valence electrons. The summed E-state index contributed by atoms with van der Waals surface area (Å²) in [4.78, 5) is 16.3. The minimum atomic E-state index is -3.00. The van der Waals surface area contributed by atoms with Crippen molar-refractivity contribution in [1.29, 1.82) is 0 Å². The number of alkyl halides is 2. The van der Waals surface area contributed by atoms with Crippen molar-refractivity contribution >= 4 is 17.9 Å². The summed E-state index contributed by atoms with van der Waals surface area (Å²) in [5, 5.41) is 0. The molecule has 6 nitrogen and oxygen atoms in total. The Hall–Kier alpha value is -3.42. The van der Waals surface area contributed by atoms with Gasteiger partial charge in [-0.25, -0.2) is 9.79 Å². The first-order chi connectivity index (χ1) is 13.0. The number of ether oxygens (including phenoxy) is 4. The van der Waals surface area contributed by atoms with Crippen LogP contribution in [0.4, 0.5) is 8.78 Å². The number of aliphatic imine (C=N–C) groups is 1. The smallest absolute Gasteiger partial charge is 0.387 e. The number of rotatable bonds is 6. The Labute approximate surface area is 153 Å². The second-order valence-corrected chi connectivity index (χ2v) is 5.36. The van der Waals surface area contributed by atoms with Crippen molar-refractivity contribution in [2.24, 2.45) is 4.99 Å². The number of hydrogen-bond acceptors (Lipinski definition) is 6. The predicted octanol–water partition coefficient (Wildman–Crippen LogP) is 3.65. The van der Waals surface area contributed by atoms with E-state index in [-0.39, 0.29) is 23.1 Å². The Bertz CT molecular complexity index is 924. The standard InChI is InChI=1S/C19H15F2NO5/c1-24-13-5-3-4-12(10-13)17-22-14(18(23)27-17)8-11-6-7-15(25-2)16(9-11)26-19(20)21/h3-10,19H,1-2H3. The molecule has 2 aromatic carbocycles. The zero-order valence-corrected chi connectivity index (χ0v) is 14.4. The molecule has 0 N–H and O–H groups in total. The molecule has 0 radical (unpaired) electrons. The van der Waals surface area contributed by atoms with Crippen LogP contribution in [0.1, 0.15) is 11.1 Å². The Morgan fingerprint density at radius 2 is 1.89 bits per heavy atom. The summed E-state index contributed by atoms with van der Waals surface area (Å²) in [6, 6.07) is 11.2. The maximum Gasteiger partial charge on any atom is 0.387 e.